The summed E-state index contributed by atoms with van der Waals surface area (Å²) in [4.78, 5) is 0. The molecular formula is C12H19N3O4S. The van der Waals surface area contributed by atoms with Crippen molar-refractivity contribution in [2.24, 2.45) is 5.73 Å². The highest BCUT2D eigenvalue weighted by Gasteiger charge is 2.18. The molecule has 3 N–H and O–H groups in total. The largest absolute Gasteiger partial charge is 0.486 e. The Labute approximate surface area is 118 Å². The van der Waals surface area contributed by atoms with Crippen LogP contribution in [-0.4, -0.2) is 46.1 Å². The maximum atomic E-state index is 12.1. The number of nitrogens with two attached hydrogens (primary N) is 1. The van der Waals surface area contributed by atoms with Crippen molar-refractivity contribution in [1.29, 1.82) is 0 Å². The fraction of sp³-hybridized carbons (Fsp3) is 0.500. The molecule has 0 saturated carbocycles. The fourth-order valence-corrected chi connectivity index (χ4v) is 2.72. The van der Waals surface area contributed by atoms with Gasteiger partial charge in [0.05, 0.1) is 5.69 Å². The van der Waals surface area contributed by atoms with E-state index in [0.717, 1.165) is 0 Å². The smallest absolute Gasteiger partial charge is 0.301 e. The van der Waals surface area contributed by atoms with Crippen LogP contribution in [0.5, 0.6) is 11.5 Å². The molecular weight excluding hydrogens is 282 g/mol. The maximum Gasteiger partial charge on any atom is 0.301 e. The first kappa shape index (κ1) is 14.9. The Bertz CT molecular complexity index is 562. The SMILES string of the molecule is CN(CCCN)S(=O)(=O)Nc1ccc2c(c1)OCCO2. The molecule has 1 heterocycles. The molecule has 112 valence electrons. The van der Waals surface area contributed by atoms with Gasteiger partial charge in [0.1, 0.15) is 13.2 Å². The lowest BCUT2D eigenvalue weighted by Gasteiger charge is -2.21. The Kier molecular flexibility index (Phi) is 4.69. The van der Waals surface area contributed by atoms with Gasteiger partial charge in [0, 0.05) is 19.7 Å². The van der Waals surface area contributed by atoms with Crippen LogP contribution < -0.4 is 19.9 Å². The van der Waals surface area contributed by atoms with E-state index in [1.165, 1.54) is 11.4 Å². The molecule has 1 aliphatic rings. The predicted molar refractivity (Wildman–Crippen MR) is 76.3 cm³/mol. The molecule has 0 spiro atoms. The monoisotopic (exact) mass is 301 g/mol. The number of anilines is 1. The summed E-state index contributed by atoms with van der Waals surface area (Å²) in [6, 6.07) is 4.94. The number of benzene rings is 1. The van der Waals surface area contributed by atoms with Gasteiger partial charge < -0.3 is 15.2 Å². The van der Waals surface area contributed by atoms with Crippen LogP contribution in [0.25, 0.3) is 0 Å². The summed E-state index contributed by atoms with van der Waals surface area (Å²) in [6.45, 7) is 1.78. The summed E-state index contributed by atoms with van der Waals surface area (Å²) < 4.78 is 38.7. The number of hydrogen-bond acceptors (Lipinski definition) is 5. The lowest BCUT2D eigenvalue weighted by atomic mass is 10.3. The van der Waals surface area contributed by atoms with E-state index < -0.39 is 10.2 Å². The molecule has 0 aliphatic carbocycles. The molecule has 0 amide bonds. The zero-order valence-electron chi connectivity index (χ0n) is 11.3. The van der Waals surface area contributed by atoms with Crippen molar-refractivity contribution in [2.45, 2.75) is 6.42 Å². The van der Waals surface area contributed by atoms with Gasteiger partial charge in [-0.1, -0.05) is 0 Å². The second-order valence-electron chi connectivity index (χ2n) is 4.43. The minimum absolute atomic E-state index is 0.371. The standard InChI is InChI=1S/C12H19N3O4S/c1-15(6-2-5-13)20(16,17)14-10-3-4-11-12(9-10)19-8-7-18-11/h3-4,9,14H,2,5-8,13H2,1H3. The number of ether oxygens (including phenoxy) is 2. The Morgan fingerprint density at radius 2 is 2.00 bits per heavy atom. The molecule has 20 heavy (non-hydrogen) atoms. The molecule has 1 aromatic rings. The molecule has 0 fully saturated rings. The van der Waals surface area contributed by atoms with Crippen LogP contribution in [0.3, 0.4) is 0 Å². The Morgan fingerprint density at radius 3 is 2.70 bits per heavy atom. The van der Waals surface area contributed by atoms with Crippen molar-refractivity contribution in [3.63, 3.8) is 0 Å². The van der Waals surface area contributed by atoms with Crippen LogP contribution in [0.15, 0.2) is 18.2 Å². The first-order valence-corrected chi connectivity index (χ1v) is 7.81. The van der Waals surface area contributed by atoms with Gasteiger partial charge in [-0.05, 0) is 25.1 Å². The topological polar surface area (TPSA) is 93.9 Å². The summed E-state index contributed by atoms with van der Waals surface area (Å²) in [5, 5.41) is 0. The van der Waals surface area contributed by atoms with E-state index in [4.69, 9.17) is 15.2 Å². The number of nitrogens with zero attached hydrogens (tertiary/aromatic N) is 1. The van der Waals surface area contributed by atoms with E-state index in [2.05, 4.69) is 4.72 Å². The zero-order chi connectivity index (χ0) is 14.6. The van der Waals surface area contributed by atoms with Crippen molar-refractivity contribution in [2.75, 3.05) is 38.1 Å². The third-order valence-corrected chi connectivity index (χ3v) is 4.37. The number of hydrogen-bond donors (Lipinski definition) is 2. The van der Waals surface area contributed by atoms with Gasteiger partial charge in [-0.3, -0.25) is 4.72 Å². The van der Waals surface area contributed by atoms with E-state index in [1.54, 1.807) is 18.2 Å². The Hall–Kier alpha value is -1.51. The summed E-state index contributed by atoms with van der Waals surface area (Å²) in [7, 11) is -2.07. The summed E-state index contributed by atoms with van der Waals surface area (Å²) in [6.07, 6.45) is 0.610. The zero-order valence-corrected chi connectivity index (χ0v) is 12.1. The van der Waals surface area contributed by atoms with Gasteiger partial charge in [-0.15, -0.1) is 0 Å². The summed E-state index contributed by atoms with van der Waals surface area (Å²) in [5.74, 6) is 1.16. The van der Waals surface area contributed by atoms with Crippen LogP contribution in [0.4, 0.5) is 5.69 Å². The maximum absolute atomic E-state index is 12.1. The number of fused-ring (bicyclic) bond motifs is 1. The highest BCUT2D eigenvalue weighted by molar-refractivity contribution is 7.90. The predicted octanol–water partition coefficient (Wildman–Crippen LogP) is 0.395. The van der Waals surface area contributed by atoms with E-state index in [-0.39, 0.29) is 0 Å². The van der Waals surface area contributed by atoms with Crippen LogP contribution in [0.1, 0.15) is 6.42 Å². The highest BCUT2D eigenvalue weighted by Crippen LogP contribution is 2.32. The van der Waals surface area contributed by atoms with Gasteiger partial charge in [0.2, 0.25) is 0 Å². The van der Waals surface area contributed by atoms with Gasteiger partial charge in [-0.2, -0.15) is 12.7 Å². The summed E-state index contributed by atoms with van der Waals surface area (Å²) >= 11 is 0. The lowest BCUT2D eigenvalue weighted by Crippen LogP contribution is -2.34. The number of nitrogens with one attached hydrogen (secondary N) is 1. The fourth-order valence-electron chi connectivity index (χ4n) is 1.77. The minimum atomic E-state index is -3.58. The molecule has 1 aromatic carbocycles. The van der Waals surface area contributed by atoms with Crippen LogP contribution in [0, 0.1) is 0 Å². The molecule has 0 atom stereocenters. The molecule has 8 heteroatoms. The molecule has 2 rings (SSSR count). The molecule has 1 aliphatic heterocycles. The molecule has 0 unspecified atom stereocenters. The highest BCUT2D eigenvalue weighted by atomic mass is 32.2. The second kappa shape index (κ2) is 6.29. The molecule has 0 radical (unpaired) electrons. The lowest BCUT2D eigenvalue weighted by molar-refractivity contribution is 0.171. The van der Waals surface area contributed by atoms with Crippen molar-refractivity contribution in [1.82, 2.24) is 4.31 Å². The number of rotatable bonds is 6. The molecule has 0 saturated heterocycles. The average Bonchev–Trinajstić information content (AvgIpc) is 2.44. The molecule has 0 bridgehead atoms. The quantitative estimate of drug-likeness (QED) is 0.793. The Balaban J connectivity index is 2.09. The van der Waals surface area contributed by atoms with Gasteiger partial charge >= 0.3 is 10.2 Å². The van der Waals surface area contributed by atoms with Crippen molar-refractivity contribution in [3.8, 4) is 11.5 Å². The molecule has 7 nitrogen and oxygen atoms in total. The van der Waals surface area contributed by atoms with E-state index in [9.17, 15) is 8.42 Å². The van der Waals surface area contributed by atoms with Gasteiger partial charge in [0.15, 0.2) is 11.5 Å². The van der Waals surface area contributed by atoms with E-state index in [0.29, 0.717) is 49.9 Å². The van der Waals surface area contributed by atoms with Crippen LogP contribution in [0.2, 0.25) is 0 Å². The van der Waals surface area contributed by atoms with Crippen molar-refractivity contribution < 1.29 is 17.9 Å². The summed E-state index contributed by atoms with van der Waals surface area (Å²) in [5.41, 5.74) is 5.82. The van der Waals surface area contributed by atoms with E-state index in [1.807, 2.05) is 0 Å². The first-order chi connectivity index (χ1) is 9.53. The van der Waals surface area contributed by atoms with Crippen LogP contribution >= 0.6 is 0 Å². The van der Waals surface area contributed by atoms with E-state index >= 15 is 0 Å². The average molecular weight is 301 g/mol. The van der Waals surface area contributed by atoms with Gasteiger partial charge in [-0.25, -0.2) is 0 Å². The van der Waals surface area contributed by atoms with Crippen molar-refractivity contribution >= 4 is 15.9 Å². The van der Waals surface area contributed by atoms with Gasteiger partial charge in [0.25, 0.3) is 0 Å². The second-order valence-corrected chi connectivity index (χ2v) is 6.21. The third-order valence-electron chi connectivity index (χ3n) is 2.88. The Morgan fingerprint density at radius 1 is 1.30 bits per heavy atom. The minimum Gasteiger partial charge on any atom is -0.486 e. The normalized spacial score (nSPS) is 14.3. The van der Waals surface area contributed by atoms with Crippen molar-refractivity contribution in [3.05, 3.63) is 18.2 Å². The first-order valence-electron chi connectivity index (χ1n) is 6.37. The third kappa shape index (κ3) is 3.53. The molecule has 0 aromatic heterocycles. The van der Waals surface area contributed by atoms with Crippen LogP contribution in [-0.2, 0) is 10.2 Å².